The number of aryl methyl sites for hydroxylation is 1. The third kappa shape index (κ3) is 4.08. The molecular formula is C22H24N4O3. The Balaban J connectivity index is 1.47. The van der Waals surface area contributed by atoms with Crippen molar-refractivity contribution >= 4 is 11.7 Å². The van der Waals surface area contributed by atoms with Crippen LogP contribution in [0.1, 0.15) is 37.3 Å². The number of nitrogens with zero attached hydrogens (tertiary/aromatic N) is 3. The largest absolute Gasteiger partial charge is 0.497 e. The van der Waals surface area contributed by atoms with Gasteiger partial charge >= 0.3 is 6.03 Å². The molecule has 7 heteroatoms. The van der Waals surface area contributed by atoms with Gasteiger partial charge in [-0.3, -0.25) is 0 Å². The number of anilines is 1. The highest BCUT2D eigenvalue weighted by Gasteiger charge is 2.34. The molecule has 29 heavy (non-hydrogen) atoms. The molecule has 0 aliphatic carbocycles. The molecular weight excluding hydrogens is 368 g/mol. The molecule has 1 aliphatic rings. The lowest BCUT2D eigenvalue weighted by Gasteiger charge is -2.22. The van der Waals surface area contributed by atoms with Crippen LogP contribution in [0.3, 0.4) is 0 Å². The third-order valence-electron chi connectivity index (χ3n) is 5.20. The number of amides is 2. The number of nitrogens with one attached hydrogen (secondary N) is 1. The Morgan fingerprint density at radius 1 is 1.21 bits per heavy atom. The van der Waals surface area contributed by atoms with Crippen molar-refractivity contribution in [2.45, 2.75) is 32.2 Å². The van der Waals surface area contributed by atoms with Crippen LogP contribution in [0.15, 0.2) is 53.1 Å². The molecule has 0 spiro atoms. The molecule has 1 atom stereocenters. The summed E-state index contributed by atoms with van der Waals surface area (Å²) in [6, 6.07) is 15.0. The molecule has 0 unspecified atom stereocenters. The van der Waals surface area contributed by atoms with E-state index in [4.69, 9.17) is 9.26 Å². The topological polar surface area (TPSA) is 80.5 Å². The van der Waals surface area contributed by atoms with Gasteiger partial charge in [0.1, 0.15) is 11.8 Å². The van der Waals surface area contributed by atoms with Crippen molar-refractivity contribution in [2.75, 3.05) is 19.0 Å². The third-order valence-corrected chi connectivity index (χ3v) is 5.20. The number of rotatable bonds is 5. The highest BCUT2D eigenvalue weighted by molar-refractivity contribution is 5.89. The van der Waals surface area contributed by atoms with Crippen molar-refractivity contribution in [3.8, 4) is 17.1 Å². The molecule has 2 aromatic carbocycles. The maximum Gasteiger partial charge on any atom is 0.322 e. The van der Waals surface area contributed by atoms with Crippen LogP contribution in [0, 0.1) is 0 Å². The Hall–Kier alpha value is -3.35. The molecule has 1 aliphatic heterocycles. The molecule has 0 bridgehead atoms. The molecule has 1 N–H and O–H groups in total. The number of likely N-dealkylation sites (tertiary alicyclic amines) is 1. The van der Waals surface area contributed by atoms with Crippen LogP contribution in [0.2, 0.25) is 0 Å². The second kappa shape index (κ2) is 8.34. The Morgan fingerprint density at radius 2 is 1.97 bits per heavy atom. The lowest BCUT2D eigenvalue weighted by molar-refractivity contribution is 0.193. The smallest absolute Gasteiger partial charge is 0.322 e. The summed E-state index contributed by atoms with van der Waals surface area (Å²) in [5.74, 6) is 1.73. The molecule has 150 valence electrons. The first kappa shape index (κ1) is 19.0. The molecule has 0 saturated carbocycles. The van der Waals surface area contributed by atoms with E-state index in [9.17, 15) is 4.79 Å². The quantitative estimate of drug-likeness (QED) is 0.682. The van der Waals surface area contributed by atoms with E-state index in [1.807, 2.05) is 48.5 Å². The van der Waals surface area contributed by atoms with E-state index >= 15 is 0 Å². The maximum absolute atomic E-state index is 12.8. The van der Waals surface area contributed by atoms with Gasteiger partial charge < -0.3 is 19.5 Å². The standard InChI is InChI=1S/C22H24N4O3/c1-3-15-6-10-17(11-7-15)23-22(27)26-14-4-5-19(26)21-24-20(25-29-21)16-8-12-18(28-2)13-9-16/h6-13,19H,3-5,14H2,1-2H3,(H,23,27)/t19-/m1/s1. The predicted molar refractivity (Wildman–Crippen MR) is 110 cm³/mol. The summed E-state index contributed by atoms with van der Waals surface area (Å²) < 4.78 is 10.7. The monoisotopic (exact) mass is 392 g/mol. The van der Waals surface area contributed by atoms with E-state index in [0.29, 0.717) is 18.3 Å². The van der Waals surface area contributed by atoms with Crippen LogP contribution in [-0.2, 0) is 6.42 Å². The molecule has 2 amide bonds. The zero-order valence-electron chi connectivity index (χ0n) is 16.6. The highest BCUT2D eigenvalue weighted by Crippen LogP contribution is 2.32. The van der Waals surface area contributed by atoms with Crippen LogP contribution in [0.4, 0.5) is 10.5 Å². The lowest BCUT2D eigenvalue weighted by Crippen LogP contribution is -2.34. The average Bonchev–Trinajstić information content (AvgIpc) is 3.44. The van der Waals surface area contributed by atoms with Gasteiger partial charge in [-0.15, -0.1) is 0 Å². The molecule has 2 heterocycles. The van der Waals surface area contributed by atoms with Crippen molar-refractivity contribution in [2.24, 2.45) is 0 Å². The minimum atomic E-state index is -0.218. The molecule has 1 saturated heterocycles. The number of urea groups is 1. The number of benzene rings is 2. The van der Waals surface area contributed by atoms with Gasteiger partial charge in [-0.2, -0.15) is 4.98 Å². The van der Waals surface area contributed by atoms with E-state index in [1.54, 1.807) is 12.0 Å². The zero-order chi connectivity index (χ0) is 20.2. The van der Waals surface area contributed by atoms with Crippen molar-refractivity contribution in [1.82, 2.24) is 15.0 Å². The lowest BCUT2D eigenvalue weighted by atomic mass is 10.1. The van der Waals surface area contributed by atoms with Crippen LogP contribution >= 0.6 is 0 Å². The maximum atomic E-state index is 12.8. The van der Waals surface area contributed by atoms with Crippen molar-refractivity contribution < 1.29 is 14.1 Å². The number of carbonyl (C=O) groups is 1. The van der Waals surface area contributed by atoms with Crippen LogP contribution < -0.4 is 10.1 Å². The van der Waals surface area contributed by atoms with E-state index in [-0.39, 0.29) is 12.1 Å². The van der Waals surface area contributed by atoms with Crippen LogP contribution in [-0.4, -0.2) is 34.7 Å². The van der Waals surface area contributed by atoms with Gasteiger partial charge in [-0.1, -0.05) is 24.2 Å². The fourth-order valence-corrected chi connectivity index (χ4v) is 3.51. The first-order valence-electron chi connectivity index (χ1n) is 9.82. The normalized spacial score (nSPS) is 16.1. The summed E-state index contributed by atoms with van der Waals surface area (Å²) >= 11 is 0. The van der Waals surface area contributed by atoms with Gasteiger partial charge in [0.2, 0.25) is 11.7 Å². The Bertz CT molecular complexity index is 966. The second-order valence-electron chi connectivity index (χ2n) is 7.02. The van der Waals surface area contributed by atoms with Crippen LogP contribution in [0.5, 0.6) is 5.75 Å². The molecule has 1 fully saturated rings. The number of carbonyl (C=O) groups excluding carboxylic acids is 1. The minimum Gasteiger partial charge on any atom is -0.497 e. The van der Waals surface area contributed by atoms with Crippen LogP contribution in [0.25, 0.3) is 11.4 Å². The summed E-state index contributed by atoms with van der Waals surface area (Å²) in [6.07, 6.45) is 2.66. The van der Waals surface area contributed by atoms with Gasteiger partial charge in [-0.25, -0.2) is 4.79 Å². The highest BCUT2D eigenvalue weighted by atomic mass is 16.5. The SMILES string of the molecule is CCc1ccc(NC(=O)N2CCC[C@@H]2c2nc(-c3ccc(OC)cc3)no2)cc1. The molecule has 0 radical (unpaired) electrons. The average molecular weight is 392 g/mol. The van der Waals surface area contributed by atoms with Gasteiger partial charge in [0.15, 0.2) is 0 Å². The first-order chi connectivity index (χ1) is 14.2. The molecule has 3 aromatic rings. The molecule has 4 rings (SSSR count). The summed E-state index contributed by atoms with van der Waals surface area (Å²) in [5.41, 5.74) is 2.85. The van der Waals surface area contributed by atoms with Gasteiger partial charge in [-0.05, 0) is 61.2 Å². The number of hydrogen-bond acceptors (Lipinski definition) is 5. The van der Waals surface area contributed by atoms with Gasteiger partial charge in [0.25, 0.3) is 0 Å². The fraction of sp³-hybridized carbons (Fsp3) is 0.318. The summed E-state index contributed by atoms with van der Waals surface area (Å²) in [4.78, 5) is 19.1. The van der Waals surface area contributed by atoms with E-state index in [1.165, 1.54) is 5.56 Å². The summed E-state index contributed by atoms with van der Waals surface area (Å²) in [5, 5.41) is 7.07. The Labute approximate surface area is 169 Å². The number of ether oxygens (including phenoxy) is 1. The van der Waals surface area contributed by atoms with Gasteiger partial charge in [0.05, 0.1) is 7.11 Å². The zero-order valence-corrected chi connectivity index (χ0v) is 16.6. The van der Waals surface area contributed by atoms with E-state index < -0.39 is 0 Å². The molecule has 7 nitrogen and oxygen atoms in total. The second-order valence-corrected chi connectivity index (χ2v) is 7.02. The summed E-state index contributed by atoms with van der Waals surface area (Å²) in [7, 11) is 1.62. The number of aromatic nitrogens is 2. The minimum absolute atomic E-state index is 0.152. The number of methoxy groups -OCH3 is 1. The van der Waals surface area contributed by atoms with Crippen molar-refractivity contribution in [3.05, 3.63) is 60.0 Å². The molecule has 1 aromatic heterocycles. The first-order valence-corrected chi connectivity index (χ1v) is 9.82. The summed E-state index contributed by atoms with van der Waals surface area (Å²) in [6.45, 7) is 2.76. The predicted octanol–water partition coefficient (Wildman–Crippen LogP) is 4.68. The Kier molecular flexibility index (Phi) is 5.46. The van der Waals surface area contributed by atoms with E-state index in [0.717, 1.165) is 36.3 Å². The van der Waals surface area contributed by atoms with Crippen molar-refractivity contribution in [1.29, 1.82) is 0 Å². The fourth-order valence-electron chi connectivity index (χ4n) is 3.51. The Morgan fingerprint density at radius 3 is 2.66 bits per heavy atom. The number of hydrogen-bond donors (Lipinski definition) is 1. The van der Waals surface area contributed by atoms with Crippen molar-refractivity contribution in [3.63, 3.8) is 0 Å². The van der Waals surface area contributed by atoms with E-state index in [2.05, 4.69) is 22.4 Å². The van der Waals surface area contributed by atoms with Gasteiger partial charge in [0, 0.05) is 17.8 Å².